The molecule has 0 radical (unpaired) electrons. The zero-order valence-corrected chi connectivity index (χ0v) is 13.8. The minimum Gasteiger partial charge on any atom is -0.352 e. The normalized spacial score (nSPS) is 11.1. The van der Waals surface area contributed by atoms with Crippen molar-refractivity contribution in [2.24, 2.45) is 0 Å². The first-order valence-electron chi connectivity index (χ1n) is 8.22. The minimum atomic E-state index is -0.0818. The molecule has 0 aliphatic rings. The topological polar surface area (TPSA) is 83.6 Å². The van der Waals surface area contributed by atoms with Gasteiger partial charge in [-0.25, -0.2) is 4.98 Å². The molecule has 0 saturated heterocycles. The van der Waals surface area contributed by atoms with Crippen molar-refractivity contribution in [3.05, 3.63) is 54.6 Å². The number of hydrogen-bond donors (Lipinski definition) is 2. The summed E-state index contributed by atoms with van der Waals surface area (Å²) in [5.74, 6) is -0.0818. The Bertz CT molecular complexity index is 1060. The quantitative estimate of drug-likeness (QED) is 0.562. The lowest BCUT2D eigenvalue weighted by atomic mass is 10.0. The lowest BCUT2D eigenvalue weighted by Crippen LogP contribution is -2.23. The monoisotopic (exact) mass is 331 g/mol. The number of nitrogens with zero attached hydrogens (tertiary/aromatic N) is 3. The number of amides is 1. The fourth-order valence-corrected chi connectivity index (χ4v) is 2.93. The van der Waals surface area contributed by atoms with Gasteiger partial charge in [0.2, 0.25) is 0 Å². The number of rotatable bonds is 4. The summed E-state index contributed by atoms with van der Waals surface area (Å²) in [7, 11) is 0. The Labute approximate surface area is 144 Å². The summed E-state index contributed by atoms with van der Waals surface area (Å²) in [5, 5.41) is 12.7. The van der Waals surface area contributed by atoms with Crippen LogP contribution in [0.25, 0.3) is 32.9 Å². The van der Waals surface area contributed by atoms with Gasteiger partial charge in [-0.05, 0) is 24.6 Å². The predicted octanol–water partition coefficient (Wildman–Crippen LogP) is 3.31. The molecular formula is C19H17N5O. The zero-order chi connectivity index (χ0) is 17.2. The van der Waals surface area contributed by atoms with Gasteiger partial charge in [-0.1, -0.05) is 13.0 Å². The molecule has 0 saturated carbocycles. The van der Waals surface area contributed by atoms with Crippen LogP contribution in [0.3, 0.4) is 0 Å². The van der Waals surface area contributed by atoms with E-state index in [-0.39, 0.29) is 5.91 Å². The minimum absolute atomic E-state index is 0.0818. The predicted molar refractivity (Wildman–Crippen MR) is 97.2 cm³/mol. The van der Waals surface area contributed by atoms with E-state index in [2.05, 4.69) is 20.5 Å². The summed E-state index contributed by atoms with van der Waals surface area (Å²) in [6.07, 6.45) is 8.04. The van der Waals surface area contributed by atoms with Crippen molar-refractivity contribution in [2.75, 3.05) is 6.54 Å². The van der Waals surface area contributed by atoms with Crippen molar-refractivity contribution in [2.45, 2.75) is 13.3 Å². The summed E-state index contributed by atoms with van der Waals surface area (Å²) in [6, 6.07) is 7.55. The Hall–Kier alpha value is -3.28. The van der Waals surface area contributed by atoms with Crippen LogP contribution in [0.2, 0.25) is 0 Å². The van der Waals surface area contributed by atoms with Gasteiger partial charge in [0.25, 0.3) is 5.91 Å². The molecule has 0 aliphatic heterocycles. The van der Waals surface area contributed by atoms with Crippen molar-refractivity contribution < 1.29 is 4.79 Å². The fraction of sp³-hybridized carbons (Fsp3) is 0.158. The van der Waals surface area contributed by atoms with Gasteiger partial charge in [0.15, 0.2) is 0 Å². The van der Waals surface area contributed by atoms with E-state index in [0.29, 0.717) is 12.1 Å². The number of aromatic amines is 1. The smallest absolute Gasteiger partial charge is 0.251 e. The molecule has 3 aromatic heterocycles. The van der Waals surface area contributed by atoms with Gasteiger partial charge in [-0.15, -0.1) is 0 Å². The van der Waals surface area contributed by atoms with Crippen LogP contribution in [0.1, 0.15) is 23.7 Å². The Kier molecular flexibility index (Phi) is 3.85. The number of nitrogens with one attached hydrogen (secondary N) is 2. The first kappa shape index (κ1) is 15.3. The summed E-state index contributed by atoms with van der Waals surface area (Å²) >= 11 is 0. The van der Waals surface area contributed by atoms with Gasteiger partial charge >= 0.3 is 0 Å². The van der Waals surface area contributed by atoms with Crippen LogP contribution in [0, 0.1) is 0 Å². The SMILES string of the molecule is CCCNC(=O)c1ccc2c(c1)nc(-c1cn[nH]c1)c1ccncc12. The Morgan fingerprint density at radius 1 is 1.16 bits per heavy atom. The van der Waals surface area contributed by atoms with Gasteiger partial charge in [0.05, 0.1) is 17.4 Å². The number of aromatic nitrogens is 4. The third-order valence-corrected chi connectivity index (χ3v) is 4.17. The maximum atomic E-state index is 12.3. The number of carbonyl (C=O) groups excluding carboxylic acids is 1. The molecule has 4 aromatic rings. The molecule has 25 heavy (non-hydrogen) atoms. The average Bonchev–Trinajstić information content (AvgIpc) is 3.19. The Balaban J connectivity index is 1.93. The number of carbonyl (C=O) groups is 1. The average molecular weight is 331 g/mol. The lowest BCUT2D eigenvalue weighted by Gasteiger charge is -2.10. The lowest BCUT2D eigenvalue weighted by molar-refractivity contribution is 0.0954. The molecule has 4 rings (SSSR count). The van der Waals surface area contributed by atoms with Crippen molar-refractivity contribution in [1.29, 1.82) is 0 Å². The second-order valence-electron chi connectivity index (χ2n) is 5.86. The van der Waals surface area contributed by atoms with Crippen LogP contribution < -0.4 is 5.32 Å². The van der Waals surface area contributed by atoms with E-state index in [1.165, 1.54) is 0 Å². The van der Waals surface area contributed by atoms with Gasteiger partial charge < -0.3 is 5.32 Å². The van der Waals surface area contributed by atoms with Crippen molar-refractivity contribution in [1.82, 2.24) is 25.5 Å². The van der Waals surface area contributed by atoms with Crippen molar-refractivity contribution >= 4 is 27.6 Å². The van der Waals surface area contributed by atoms with Crippen LogP contribution in [0.15, 0.2) is 49.1 Å². The van der Waals surface area contributed by atoms with E-state index in [0.717, 1.165) is 39.4 Å². The molecule has 0 atom stereocenters. The third kappa shape index (κ3) is 2.71. The van der Waals surface area contributed by atoms with E-state index in [4.69, 9.17) is 4.98 Å². The Morgan fingerprint density at radius 3 is 2.88 bits per heavy atom. The van der Waals surface area contributed by atoms with E-state index < -0.39 is 0 Å². The molecular weight excluding hydrogens is 314 g/mol. The Morgan fingerprint density at radius 2 is 2.08 bits per heavy atom. The first-order valence-corrected chi connectivity index (χ1v) is 8.22. The molecule has 0 bridgehead atoms. The highest BCUT2D eigenvalue weighted by Crippen LogP contribution is 2.31. The molecule has 0 fully saturated rings. The molecule has 0 aliphatic carbocycles. The molecule has 2 N–H and O–H groups in total. The van der Waals surface area contributed by atoms with E-state index in [9.17, 15) is 4.79 Å². The molecule has 6 heteroatoms. The van der Waals surface area contributed by atoms with E-state index in [1.807, 2.05) is 43.6 Å². The van der Waals surface area contributed by atoms with Crippen LogP contribution in [0.5, 0.6) is 0 Å². The third-order valence-electron chi connectivity index (χ3n) is 4.17. The first-order chi connectivity index (χ1) is 12.3. The fourth-order valence-electron chi connectivity index (χ4n) is 2.93. The van der Waals surface area contributed by atoms with E-state index >= 15 is 0 Å². The summed E-state index contributed by atoms with van der Waals surface area (Å²) < 4.78 is 0. The van der Waals surface area contributed by atoms with E-state index in [1.54, 1.807) is 12.4 Å². The largest absolute Gasteiger partial charge is 0.352 e. The highest BCUT2D eigenvalue weighted by atomic mass is 16.1. The standard InChI is InChI=1S/C19H17N5O/c1-2-6-21-19(25)12-3-4-14-16-11-20-7-5-15(16)18(24-17(14)8-12)13-9-22-23-10-13/h3-5,7-11H,2,6H2,1H3,(H,21,25)(H,22,23). The number of hydrogen-bond acceptors (Lipinski definition) is 4. The highest BCUT2D eigenvalue weighted by molar-refractivity contribution is 6.11. The number of fused-ring (bicyclic) bond motifs is 3. The zero-order valence-electron chi connectivity index (χ0n) is 13.8. The van der Waals surface area contributed by atoms with Gasteiger partial charge in [0, 0.05) is 52.4 Å². The van der Waals surface area contributed by atoms with Crippen molar-refractivity contribution in [3.8, 4) is 11.3 Å². The molecule has 1 aromatic carbocycles. The molecule has 3 heterocycles. The van der Waals surface area contributed by atoms with Crippen LogP contribution in [0.4, 0.5) is 0 Å². The number of benzene rings is 1. The number of H-pyrrole nitrogens is 1. The molecule has 1 amide bonds. The summed E-state index contributed by atoms with van der Waals surface area (Å²) in [5.41, 5.74) is 3.10. The second kappa shape index (κ2) is 6.32. The molecule has 6 nitrogen and oxygen atoms in total. The van der Waals surface area contributed by atoms with Crippen LogP contribution >= 0.6 is 0 Å². The second-order valence-corrected chi connectivity index (χ2v) is 5.86. The van der Waals surface area contributed by atoms with Gasteiger partial charge in [-0.2, -0.15) is 5.10 Å². The maximum Gasteiger partial charge on any atom is 0.251 e. The van der Waals surface area contributed by atoms with Gasteiger partial charge in [-0.3, -0.25) is 14.9 Å². The van der Waals surface area contributed by atoms with Crippen LogP contribution in [-0.4, -0.2) is 32.6 Å². The van der Waals surface area contributed by atoms with Gasteiger partial charge in [0.1, 0.15) is 0 Å². The highest BCUT2D eigenvalue weighted by Gasteiger charge is 2.13. The summed E-state index contributed by atoms with van der Waals surface area (Å²) in [6.45, 7) is 2.69. The number of pyridine rings is 2. The molecule has 124 valence electrons. The summed E-state index contributed by atoms with van der Waals surface area (Å²) in [4.78, 5) is 21.3. The van der Waals surface area contributed by atoms with Crippen LogP contribution in [-0.2, 0) is 0 Å². The van der Waals surface area contributed by atoms with Crippen molar-refractivity contribution in [3.63, 3.8) is 0 Å². The molecule has 0 unspecified atom stereocenters. The molecule has 0 spiro atoms. The maximum absolute atomic E-state index is 12.3.